The number of aromatic amines is 1. The first kappa shape index (κ1) is 9.17. The van der Waals surface area contributed by atoms with Crippen LogP contribution in [0.3, 0.4) is 0 Å². The Balaban J connectivity index is 2.01. The first-order chi connectivity index (χ1) is 5.93. The Morgan fingerprint density at radius 3 is 3.33 bits per heavy atom. The normalized spacial score (nSPS) is 9.58. The van der Waals surface area contributed by atoms with E-state index in [0.29, 0.717) is 6.54 Å². The standard InChI is InChI=1S/C8H11N3S/c1-2-3-9-6-7-12-8-10-4-5-11-8/h1,4-5,9H,3,6-7H2,(H,10,11). The van der Waals surface area contributed by atoms with E-state index in [1.807, 2.05) is 6.20 Å². The van der Waals surface area contributed by atoms with Crippen molar-refractivity contribution in [1.29, 1.82) is 0 Å². The smallest absolute Gasteiger partial charge is 0.165 e. The van der Waals surface area contributed by atoms with Gasteiger partial charge in [0, 0.05) is 24.7 Å². The van der Waals surface area contributed by atoms with E-state index >= 15 is 0 Å². The van der Waals surface area contributed by atoms with Crippen molar-refractivity contribution < 1.29 is 0 Å². The SMILES string of the molecule is C#CCNCCSc1ncc[nH]1. The largest absolute Gasteiger partial charge is 0.340 e. The highest BCUT2D eigenvalue weighted by Crippen LogP contribution is 2.09. The molecule has 0 atom stereocenters. The van der Waals surface area contributed by atoms with Gasteiger partial charge in [-0.2, -0.15) is 0 Å². The molecule has 0 radical (unpaired) electrons. The molecular weight excluding hydrogens is 170 g/mol. The van der Waals surface area contributed by atoms with E-state index in [2.05, 4.69) is 21.2 Å². The number of hydrogen-bond acceptors (Lipinski definition) is 3. The van der Waals surface area contributed by atoms with E-state index in [0.717, 1.165) is 17.5 Å². The van der Waals surface area contributed by atoms with Crippen LogP contribution in [0.4, 0.5) is 0 Å². The van der Waals surface area contributed by atoms with Gasteiger partial charge in [-0.15, -0.1) is 6.42 Å². The van der Waals surface area contributed by atoms with Crippen molar-refractivity contribution in [2.24, 2.45) is 0 Å². The van der Waals surface area contributed by atoms with Crippen LogP contribution in [0.1, 0.15) is 0 Å². The lowest BCUT2D eigenvalue weighted by Crippen LogP contribution is -2.16. The molecule has 2 N–H and O–H groups in total. The molecule has 0 fully saturated rings. The van der Waals surface area contributed by atoms with Gasteiger partial charge in [0.2, 0.25) is 0 Å². The van der Waals surface area contributed by atoms with Crippen molar-refractivity contribution in [2.75, 3.05) is 18.8 Å². The minimum atomic E-state index is 0.638. The lowest BCUT2D eigenvalue weighted by Gasteiger charge is -1.97. The van der Waals surface area contributed by atoms with Gasteiger partial charge in [0.15, 0.2) is 5.16 Å². The van der Waals surface area contributed by atoms with Crippen LogP contribution >= 0.6 is 11.8 Å². The molecular formula is C8H11N3S. The molecule has 0 aliphatic heterocycles. The van der Waals surface area contributed by atoms with Crippen LogP contribution in [0.5, 0.6) is 0 Å². The van der Waals surface area contributed by atoms with Crippen LogP contribution in [-0.4, -0.2) is 28.8 Å². The molecule has 12 heavy (non-hydrogen) atoms. The predicted molar refractivity (Wildman–Crippen MR) is 51.0 cm³/mol. The molecule has 1 aromatic heterocycles. The Morgan fingerprint density at radius 1 is 1.75 bits per heavy atom. The van der Waals surface area contributed by atoms with E-state index < -0.39 is 0 Å². The van der Waals surface area contributed by atoms with E-state index in [9.17, 15) is 0 Å². The zero-order valence-electron chi connectivity index (χ0n) is 6.71. The summed E-state index contributed by atoms with van der Waals surface area (Å²) in [6.07, 6.45) is 8.63. The maximum Gasteiger partial charge on any atom is 0.165 e. The third-order valence-electron chi connectivity index (χ3n) is 1.22. The number of nitrogens with zero attached hydrogens (tertiary/aromatic N) is 1. The zero-order chi connectivity index (χ0) is 8.65. The van der Waals surface area contributed by atoms with Crippen molar-refractivity contribution in [1.82, 2.24) is 15.3 Å². The van der Waals surface area contributed by atoms with Gasteiger partial charge in [-0.1, -0.05) is 17.7 Å². The molecule has 1 aromatic rings. The molecule has 0 unspecified atom stereocenters. The fourth-order valence-electron chi connectivity index (χ4n) is 0.710. The summed E-state index contributed by atoms with van der Waals surface area (Å²) in [6.45, 7) is 1.55. The minimum Gasteiger partial charge on any atom is -0.340 e. The molecule has 64 valence electrons. The predicted octanol–water partition coefficient (Wildman–Crippen LogP) is 0.725. The fraction of sp³-hybridized carbons (Fsp3) is 0.375. The number of terminal acetylenes is 1. The molecule has 0 spiro atoms. The van der Waals surface area contributed by atoms with Crippen LogP contribution in [0, 0.1) is 12.3 Å². The minimum absolute atomic E-state index is 0.638. The summed E-state index contributed by atoms with van der Waals surface area (Å²) in [5.74, 6) is 3.50. The monoisotopic (exact) mass is 181 g/mol. The molecule has 0 amide bonds. The quantitative estimate of drug-likeness (QED) is 0.399. The molecule has 3 nitrogen and oxygen atoms in total. The Labute approximate surface area is 76.4 Å². The van der Waals surface area contributed by atoms with E-state index in [4.69, 9.17) is 6.42 Å². The molecule has 1 heterocycles. The van der Waals surface area contributed by atoms with Crippen molar-refractivity contribution >= 4 is 11.8 Å². The number of rotatable bonds is 5. The number of H-pyrrole nitrogens is 1. The molecule has 0 aliphatic rings. The molecule has 4 heteroatoms. The van der Waals surface area contributed by atoms with Crippen molar-refractivity contribution in [2.45, 2.75) is 5.16 Å². The van der Waals surface area contributed by atoms with Crippen LogP contribution in [0.25, 0.3) is 0 Å². The summed E-state index contributed by atoms with van der Waals surface area (Å²) in [6, 6.07) is 0. The van der Waals surface area contributed by atoms with Crippen LogP contribution in [0.15, 0.2) is 17.6 Å². The first-order valence-electron chi connectivity index (χ1n) is 3.70. The summed E-state index contributed by atoms with van der Waals surface area (Å²) >= 11 is 1.68. The number of aromatic nitrogens is 2. The Morgan fingerprint density at radius 2 is 2.67 bits per heavy atom. The van der Waals surface area contributed by atoms with Gasteiger partial charge in [0.05, 0.1) is 6.54 Å². The van der Waals surface area contributed by atoms with Crippen molar-refractivity contribution in [3.8, 4) is 12.3 Å². The maximum atomic E-state index is 5.07. The third kappa shape index (κ3) is 3.46. The second-order valence-corrected chi connectivity index (χ2v) is 3.21. The topological polar surface area (TPSA) is 40.7 Å². The second-order valence-electron chi connectivity index (χ2n) is 2.12. The lowest BCUT2D eigenvalue weighted by molar-refractivity contribution is 0.817. The molecule has 0 bridgehead atoms. The van der Waals surface area contributed by atoms with Gasteiger partial charge in [-0.3, -0.25) is 0 Å². The van der Waals surface area contributed by atoms with Crippen LogP contribution in [0.2, 0.25) is 0 Å². The Hall–Kier alpha value is -0.920. The molecule has 0 saturated heterocycles. The molecule has 1 rings (SSSR count). The van der Waals surface area contributed by atoms with E-state index in [1.54, 1.807) is 18.0 Å². The number of imidazole rings is 1. The van der Waals surface area contributed by atoms with E-state index in [1.165, 1.54) is 0 Å². The Kier molecular flexibility index (Phi) is 4.35. The highest BCUT2D eigenvalue weighted by Gasteiger charge is 1.93. The van der Waals surface area contributed by atoms with Crippen LogP contribution < -0.4 is 5.32 Å². The van der Waals surface area contributed by atoms with Gasteiger partial charge in [0.25, 0.3) is 0 Å². The highest BCUT2D eigenvalue weighted by atomic mass is 32.2. The average Bonchev–Trinajstić information content (AvgIpc) is 2.57. The van der Waals surface area contributed by atoms with Gasteiger partial charge < -0.3 is 10.3 Å². The summed E-state index contributed by atoms with van der Waals surface area (Å²) in [5, 5.41) is 4.05. The summed E-state index contributed by atoms with van der Waals surface area (Å²) < 4.78 is 0. The average molecular weight is 181 g/mol. The van der Waals surface area contributed by atoms with Crippen molar-refractivity contribution in [3.63, 3.8) is 0 Å². The zero-order valence-corrected chi connectivity index (χ0v) is 7.53. The van der Waals surface area contributed by atoms with E-state index in [-0.39, 0.29) is 0 Å². The first-order valence-corrected chi connectivity index (χ1v) is 4.68. The highest BCUT2D eigenvalue weighted by molar-refractivity contribution is 7.99. The Bertz CT molecular complexity index is 237. The second kappa shape index (κ2) is 5.70. The molecule has 0 aliphatic carbocycles. The summed E-state index contributed by atoms with van der Waals surface area (Å²) in [7, 11) is 0. The van der Waals surface area contributed by atoms with Crippen LogP contribution in [-0.2, 0) is 0 Å². The van der Waals surface area contributed by atoms with Gasteiger partial charge in [-0.05, 0) is 0 Å². The summed E-state index contributed by atoms with van der Waals surface area (Å²) in [5.41, 5.74) is 0. The number of nitrogens with one attached hydrogen (secondary N) is 2. The van der Waals surface area contributed by atoms with Crippen molar-refractivity contribution in [3.05, 3.63) is 12.4 Å². The number of hydrogen-bond donors (Lipinski definition) is 2. The van der Waals surface area contributed by atoms with Gasteiger partial charge >= 0.3 is 0 Å². The van der Waals surface area contributed by atoms with Gasteiger partial charge in [-0.25, -0.2) is 4.98 Å². The fourth-order valence-corrected chi connectivity index (χ4v) is 1.44. The molecule has 0 saturated carbocycles. The third-order valence-corrected chi connectivity index (χ3v) is 2.12. The molecule has 0 aromatic carbocycles. The maximum absolute atomic E-state index is 5.07. The summed E-state index contributed by atoms with van der Waals surface area (Å²) in [4.78, 5) is 7.09. The van der Waals surface area contributed by atoms with Gasteiger partial charge in [0.1, 0.15) is 0 Å². The number of thioether (sulfide) groups is 1. The lowest BCUT2D eigenvalue weighted by atomic mass is 10.6.